The van der Waals surface area contributed by atoms with Crippen LogP contribution in [0.1, 0.15) is 18.4 Å². The van der Waals surface area contributed by atoms with Gasteiger partial charge in [0.15, 0.2) is 0 Å². The van der Waals surface area contributed by atoms with Gasteiger partial charge in [-0.2, -0.15) is 13.2 Å². The van der Waals surface area contributed by atoms with E-state index in [9.17, 15) is 13.2 Å². The summed E-state index contributed by atoms with van der Waals surface area (Å²) in [6.07, 6.45) is -2.13. The monoisotopic (exact) mass is 350 g/mol. The van der Waals surface area contributed by atoms with Gasteiger partial charge >= 0.3 is 6.18 Å². The lowest BCUT2D eigenvalue weighted by Crippen LogP contribution is -2.33. The standard InChI is InChI=1S/C14H18BrF3N2/c1-20-6-4-10(5-7-20)9-19-13-8-11(14(16,17)18)2-3-12(13)15/h2-3,8,10,19H,4-7,9H2,1H3. The van der Waals surface area contributed by atoms with Crippen LogP contribution < -0.4 is 5.32 Å². The van der Waals surface area contributed by atoms with Gasteiger partial charge < -0.3 is 10.2 Å². The molecule has 1 fully saturated rings. The third kappa shape index (κ3) is 4.12. The summed E-state index contributed by atoms with van der Waals surface area (Å²) in [6, 6.07) is 3.70. The SMILES string of the molecule is CN1CCC(CNc2cc(C(F)(F)F)ccc2Br)CC1. The zero-order valence-corrected chi connectivity index (χ0v) is 12.9. The van der Waals surface area contributed by atoms with Crippen LogP contribution in [0.3, 0.4) is 0 Å². The molecular formula is C14H18BrF3N2. The van der Waals surface area contributed by atoms with Gasteiger partial charge in [0.1, 0.15) is 0 Å². The van der Waals surface area contributed by atoms with Crippen LogP contribution in [-0.2, 0) is 6.18 Å². The second-order valence-electron chi connectivity index (χ2n) is 5.32. The number of hydrogen-bond acceptors (Lipinski definition) is 2. The molecule has 20 heavy (non-hydrogen) atoms. The van der Waals surface area contributed by atoms with Crippen LogP contribution in [0, 0.1) is 5.92 Å². The third-order valence-corrected chi connectivity index (χ3v) is 4.40. The second kappa shape index (κ2) is 6.35. The highest BCUT2D eigenvalue weighted by molar-refractivity contribution is 9.10. The zero-order valence-electron chi connectivity index (χ0n) is 11.3. The quantitative estimate of drug-likeness (QED) is 0.877. The van der Waals surface area contributed by atoms with Gasteiger partial charge in [0.2, 0.25) is 0 Å². The third-order valence-electron chi connectivity index (χ3n) is 3.71. The number of anilines is 1. The Labute approximate surface area is 125 Å². The van der Waals surface area contributed by atoms with E-state index in [0.717, 1.165) is 32.0 Å². The van der Waals surface area contributed by atoms with Crippen molar-refractivity contribution in [3.8, 4) is 0 Å². The van der Waals surface area contributed by atoms with Crippen LogP contribution >= 0.6 is 15.9 Å². The summed E-state index contributed by atoms with van der Waals surface area (Å²) in [7, 11) is 2.09. The lowest BCUT2D eigenvalue weighted by Gasteiger charge is -2.29. The van der Waals surface area contributed by atoms with Crippen molar-refractivity contribution < 1.29 is 13.2 Å². The molecule has 0 bridgehead atoms. The average Bonchev–Trinajstić information content (AvgIpc) is 2.38. The molecule has 1 saturated heterocycles. The summed E-state index contributed by atoms with van der Waals surface area (Å²) in [5.74, 6) is 0.521. The van der Waals surface area contributed by atoms with Crippen molar-refractivity contribution in [2.75, 3.05) is 32.0 Å². The lowest BCUT2D eigenvalue weighted by molar-refractivity contribution is -0.137. The summed E-state index contributed by atoms with van der Waals surface area (Å²) < 4.78 is 38.7. The summed E-state index contributed by atoms with van der Waals surface area (Å²) in [6.45, 7) is 2.82. The molecule has 112 valence electrons. The molecule has 2 nitrogen and oxygen atoms in total. The predicted octanol–water partition coefficient (Wildman–Crippen LogP) is 4.22. The first-order chi connectivity index (χ1) is 9.36. The number of rotatable bonds is 3. The van der Waals surface area contributed by atoms with Gasteiger partial charge in [0.25, 0.3) is 0 Å². The number of hydrogen-bond donors (Lipinski definition) is 1. The number of halogens is 4. The van der Waals surface area contributed by atoms with Crippen LogP contribution in [-0.4, -0.2) is 31.6 Å². The molecule has 0 amide bonds. The molecular weight excluding hydrogens is 333 g/mol. The molecule has 1 heterocycles. The van der Waals surface area contributed by atoms with Crippen molar-refractivity contribution in [1.29, 1.82) is 0 Å². The minimum atomic E-state index is -4.30. The maximum Gasteiger partial charge on any atom is 0.416 e. The maximum atomic E-state index is 12.7. The number of nitrogens with one attached hydrogen (secondary N) is 1. The number of benzene rings is 1. The number of likely N-dealkylation sites (tertiary alicyclic amines) is 1. The normalized spacial score (nSPS) is 18.2. The number of piperidine rings is 1. The molecule has 0 radical (unpaired) electrons. The largest absolute Gasteiger partial charge is 0.416 e. The fraction of sp³-hybridized carbons (Fsp3) is 0.571. The van der Waals surface area contributed by atoms with E-state index in [1.165, 1.54) is 12.1 Å². The number of nitrogens with zero attached hydrogens (tertiary/aromatic N) is 1. The molecule has 1 aromatic rings. The van der Waals surface area contributed by atoms with E-state index in [1.54, 1.807) is 0 Å². The van der Waals surface area contributed by atoms with Crippen LogP contribution in [0.5, 0.6) is 0 Å². The van der Waals surface area contributed by atoms with Crippen molar-refractivity contribution in [2.24, 2.45) is 5.92 Å². The van der Waals surface area contributed by atoms with Crippen LogP contribution in [0.4, 0.5) is 18.9 Å². The summed E-state index contributed by atoms with van der Waals surface area (Å²) in [5.41, 5.74) is -0.106. The molecule has 0 saturated carbocycles. The Morgan fingerprint density at radius 3 is 2.55 bits per heavy atom. The minimum absolute atomic E-state index is 0.513. The highest BCUT2D eigenvalue weighted by Crippen LogP contribution is 2.34. The number of alkyl halides is 3. The first-order valence-electron chi connectivity index (χ1n) is 6.65. The molecule has 0 aliphatic carbocycles. The molecule has 6 heteroatoms. The molecule has 1 aliphatic rings. The molecule has 0 spiro atoms. The molecule has 1 aromatic carbocycles. The Morgan fingerprint density at radius 1 is 1.30 bits per heavy atom. The van der Waals surface area contributed by atoms with E-state index in [4.69, 9.17) is 0 Å². The van der Waals surface area contributed by atoms with Gasteiger partial charge in [-0.25, -0.2) is 0 Å². The molecule has 0 aromatic heterocycles. The average molecular weight is 351 g/mol. The van der Waals surface area contributed by atoms with Crippen molar-refractivity contribution in [2.45, 2.75) is 19.0 Å². The lowest BCUT2D eigenvalue weighted by atomic mass is 9.97. The van der Waals surface area contributed by atoms with Gasteiger partial charge in [-0.3, -0.25) is 0 Å². The van der Waals surface area contributed by atoms with E-state index in [-0.39, 0.29) is 0 Å². The van der Waals surface area contributed by atoms with E-state index >= 15 is 0 Å². The van der Waals surface area contributed by atoms with Gasteiger partial charge in [-0.1, -0.05) is 0 Å². The molecule has 2 rings (SSSR count). The Morgan fingerprint density at radius 2 is 1.95 bits per heavy atom. The fourth-order valence-electron chi connectivity index (χ4n) is 2.36. The topological polar surface area (TPSA) is 15.3 Å². The minimum Gasteiger partial charge on any atom is -0.384 e. The van der Waals surface area contributed by atoms with E-state index < -0.39 is 11.7 Å². The summed E-state index contributed by atoms with van der Waals surface area (Å²) in [4.78, 5) is 2.27. The van der Waals surface area contributed by atoms with E-state index in [1.807, 2.05) is 0 Å². The van der Waals surface area contributed by atoms with Crippen molar-refractivity contribution in [3.05, 3.63) is 28.2 Å². The first kappa shape index (κ1) is 15.6. The Bertz CT molecular complexity index is 454. The summed E-state index contributed by atoms with van der Waals surface area (Å²) >= 11 is 3.29. The van der Waals surface area contributed by atoms with Crippen LogP contribution in [0.2, 0.25) is 0 Å². The molecule has 1 N–H and O–H groups in total. The fourth-order valence-corrected chi connectivity index (χ4v) is 2.74. The highest BCUT2D eigenvalue weighted by atomic mass is 79.9. The smallest absolute Gasteiger partial charge is 0.384 e. The highest BCUT2D eigenvalue weighted by Gasteiger charge is 2.31. The van der Waals surface area contributed by atoms with Crippen molar-refractivity contribution in [1.82, 2.24) is 4.90 Å². The second-order valence-corrected chi connectivity index (χ2v) is 6.17. The molecule has 1 aliphatic heterocycles. The van der Waals surface area contributed by atoms with Crippen molar-refractivity contribution >= 4 is 21.6 Å². The molecule has 0 unspecified atom stereocenters. The maximum absolute atomic E-state index is 12.7. The van der Waals surface area contributed by atoms with E-state index in [0.29, 0.717) is 22.6 Å². The van der Waals surface area contributed by atoms with Crippen LogP contribution in [0.15, 0.2) is 22.7 Å². The Kier molecular flexibility index (Phi) is 4.96. The van der Waals surface area contributed by atoms with Crippen LogP contribution in [0.25, 0.3) is 0 Å². The zero-order chi connectivity index (χ0) is 14.8. The molecule has 0 atom stereocenters. The predicted molar refractivity (Wildman–Crippen MR) is 77.9 cm³/mol. The van der Waals surface area contributed by atoms with Crippen molar-refractivity contribution in [3.63, 3.8) is 0 Å². The first-order valence-corrected chi connectivity index (χ1v) is 7.44. The van der Waals surface area contributed by atoms with Gasteiger partial charge in [0, 0.05) is 16.7 Å². The Hall–Kier alpha value is -0.750. The van der Waals surface area contributed by atoms with Gasteiger partial charge in [0.05, 0.1) is 5.56 Å². The van der Waals surface area contributed by atoms with Gasteiger partial charge in [-0.05, 0) is 73.0 Å². The van der Waals surface area contributed by atoms with E-state index in [2.05, 4.69) is 33.2 Å². The summed E-state index contributed by atoms with van der Waals surface area (Å²) in [5, 5.41) is 3.14. The van der Waals surface area contributed by atoms with Gasteiger partial charge in [-0.15, -0.1) is 0 Å². The Balaban J connectivity index is 1.98.